The maximum absolute atomic E-state index is 11.4. The molecule has 1 saturated carbocycles. The fourth-order valence-corrected chi connectivity index (χ4v) is 3.13. The lowest BCUT2D eigenvalue weighted by Crippen LogP contribution is -2.22. The Hall–Kier alpha value is -0.0900. The lowest BCUT2D eigenvalue weighted by molar-refractivity contribution is 0.0989. The summed E-state index contributed by atoms with van der Waals surface area (Å²) in [6.45, 7) is 1.68. The van der Waals surface area contributed by atoms with Crippen LogP contribution >= 0.6 is 0 Å². The van der Waals surface area contributed by atoms with E-state index in [0.29, 0.717) is 6.42 Å². The number of hydrogen-bond acceptors (Lipinski definition) is 3. The van der Waals surface area contributed by atoms with Gasteiger partial charge in [-0.3, -0.25) is 0 Å². The summed E-state index contributed by atoms with van der Waals surface area (Å²) in [5.41, 5.74) is 0. The van der Waals surface area contributed by atoms with Gasteiger partial charge in [0.25, 0.3) is 0 Å². The van der Waals surface area contributed by atoms with Gasteiger partial charge >= 0.3 is 0 Å². The van der Waals surface area contributed by atoms with Gasteiger partial charge in [-0.2, -0.15) is 0 Å². The van der Waals surface area contributed by atoms with Gasteiger partial charge in [0.05, 0.1) is 11.9 Å². The Bertz CT molecular complexity index is 272. The molecule has 4 heteroatoms. The van der Waals surface area contributed by atoms with Crippen LogP contribution in [0, 0.1) is 5.92 Å². The third-order valence-electron chi connectivity index (χ3n) is 3.36. The van der Waals surface area contributed by atoms with Crippen molar-refractivity contribution in [2.75, 3.05) is 11.5 Å². The number of hydrogen-bond donors (Lipinski definition) is 1. The van der Waals surface area contributed by atoms with Crippen LogP contribution in [-0.4, -0.2) is 31.1 Å². The third-order valence-corrected chi connectivity index (χ3v) is 5.10. The first-order valence-electron chi connectivity index (χ1n) is 5.93. The van der Waals surface area contributed by atoms with E-state index in [1.807, 2.05) is 0 Å². The highest BCUT2D eigenvalue weighted by Gasteiger charge is 2.23. The van der Waals surface area contributed by atoms with Crippen molar-refractivity contribution in [1.82, 2.24) is 0 Å². The summed E-state index contributed by atoms with van der Waals surface area (Å²) in [6.07, 6.45) is 5.58. The molecule has 2 atom stereocenters. The Morgan fingerprint density at radius 3 is 2.53 bits per heavy atom. The number of sulfone groups is 1. The number of aliphatic hydroxyl groups is 1. The van der Waals surface area contributed by atoms with Gasteiger partial charge in [-0.25, -0.2) is 8.42 Å². The Balaban J connectivity index is 2.42. The van der Waals surface area contributed by atoms with Gasteiger partial charge in [-0.1, -0.05) is 26.2 Å². The summed E-state index contributed by atoms with van der Waals surface area (Å²) in [6, 6.07) is 0. The van der Waals surface area contributed by atoms with Crippen LogP contribution < -0.4 is 0 Å². The number of rotatable bonds is 4. The summed E-state index contributed by atoms with van der Waals surface area (Å²) >= 11 is 0. The van der Waals surface area contributed by atoms with Gasteiger partial charge in [0.15, 0.2) is 0 Å². The largest absolute Gasteiger partial charge is 0.393 e. The van der Waals surface area contributed by atoms with Gasteiger partial charge in [0.1, 0.15) is 9.84 Å². The van der Waals surface area contributed by atoms with Crippen LogP contribution in [-0.2, 0) is 9.84 Å². The summed E-state index contributed by atoms with van der Waals surface area (Å²) in [5, 5.41) is 9.82. The SMILES string of the molecule is CCS(=O)(=O)CCC1CCCCCC1O. The molecule has 0 heterocycles. The van der Waals surface area contributed by atoms with Gasteiger partial charge in [0.2, 0.25) is 0 Å². The Morgan fingerprint density at radius 1 is 1.20 bits per heavy atom. The van der Waals surface area contributed by atoms with Gasteiger partial charge < -0.3 is 5.11 Å². The Kier molecular flexibility index (Phi) is 5.06. The average molecular weight is 234 g/mol. The molecule has 0 aromatic heterocycles. The van der Waals surface area contributed by atoms with Crippen molar-refractivity contribution in [3.05, 3.63) is 0 Å². The van der Waals surface area contributed by atoms with Crippen molar-refractivity contribution in [3.8, 4) is 0 Å². The van der Waals surface area contributed by atoms with E-state index in [4.69, 9.17) is 0 Å². The molecule has 0 saturated heterocycles. The number of aliphatic hydroxyl groups excluding tert-OH is 1. The molecule has 90 valence electrons. The van der Waals surface area contributed by atoms with E-state index in [1.165, 1.54) is 6.42 Å². The van der Waals surface area contributed by atoms with Crippen LogP contribution in [0.1, 0.15) is 45.4 Å². The molecule has 1 aliphatic carbocycles. The molecule has 1 aliphatic rings. The van der Waals surface area contributed by atoms with E-state index in [9.17, 15) is 13.5 Å². The van der Waals surface area contributed by atoms with Crippen LogP contribution in [0.5, 0.6) is 0 Å². The first-order chi connectivity index (χ1) is 7.05. The molecule has 1 rings (SSSR count). The minimum Gasteiger partial charge on any atom is -0.393 e. The molecule has 15 heavy (non-hydrogen) atoms. The van der Waals surface area contributed by atoms with Gasteiger partial charge in [-0.15, -0.1) is 0 Å². The molecule has 1 fully saturated rings. The predicted molar refractivity (Wildman–Crippen MR) is 61.5 cm³/mol. The molecular formula is C11H22O3S. The molecule has 0 aromatic rings. The van der Waals surface area contributed by atoms with E-state index < -0.39 is 9.84 Å². The monoisotopic (exact) mass is 234 g/mol. The van der Waals surface area contributed by atoms with Crippen LogP contribution in [0.25, 0.3) is 0 Å². The van der Waals surface area contributed by atoms with Crippen LogP contribution in [0.3, 0.4) is 0 Å². The molecular weight excluding hydrogens is 212 g/mol. The van der Waals surface area contributed by atoms with E-state index in [-0.39, 0.29) is 23.5 Å². The van der Waals surface area contributed by atoms with Crippen molar-refractivity contribution in [3.63, 3.8) is 0 Å². The molecule has 1 N–H and O–H groups in total. The molecule has 2 unspecified atom stereocenters. The van der Waals surface area contributed by atoms with Crippen molar-refractivity contribution in [2.45, 2.75) is 51.6 Å². The second-order valence-electron chi connectivity index (χ2n) is 4.49. The lowest BCUT2D eigenvalue weighted by atomic mass is 9.95. The molecule has 3 nitrogen and oxygen atoms in total. The zero-order valence-electron chi connectivity index (χ0n) is 9.48. The third kappa shape index (κ3) is 4.51. The maximum Gasteiger partial charge on any atom is 0.150 e. The second kappa shape index (κ2) is 5.85. The summed E-state index contributed by atoms with van der Waals surface area (Å²) in [4.78, 5) is 0. The van der Waals surface area contributed by atoms with Gasteiger partial charge in [-0.05, 0) is 25.2 Å². The van der Waals surface area contributed by atoms with Gasteiger partial charge in [0, 0.05) is 5.75 Å². The van der Waals surface area contributed by atoms with Crippen LogP contribution in [0.4, 0.5) is 0 Å². The molecule has 0 amide bonds. The molecule has 0 radical (unpaired) electrons. The average Bonchev–Trinajstić information content (AvgIpc) is 2.40. The minimum atomic E-state index is -2.87. The van der Waals surface area contributed by atoms with E-state index in [0.717, 1.165) is 25.7 Å². The van der Waals surface area contributed by atoms with E-state index in [1.54, 1.807) is 6.92 Å². The maximum atomic E-state index is 11.4. The molecule has 0 aliphatic heterocycles. The quantitative estimate of drug-likeness (QED) is 0.754. The van der Waals surface area contributed by atoms with Crippen molar-refractivity contribution in [1.29, 1.82) is 0 Å². The summed E-state index contributed by atoms with van der Waals surface area (Å²) in [7, 11) is -2.87. The van der Waals surface area contributed by atoms with Crippen molar-refractivity contribution < 1.29 is 13.5 Å². The lowest BCUT2D eigenvalue weighted by Gasteiger charge is -2.19. The molecule has 0 aromatic carbocycles. The van der Waals surface area contributed by atoms with E-state index in [2.05, 4.69) is 0 Å². The Morgan fingerprint density at radius 2 is 1.87 bits per heavy atom. The van der Waals surface area contributed by atoms with E-state index >= 15 is 0 Å². The zero-order valence-corrected chi connectivity index (χ0v) is 10.3. The highest BCUT2D eigenvalue weighted by molar-refractivity contribution is 7.91. The summed E-state index contributed by atoms with van der Waals surface area (Å²) in [5.74, 6) is 0.662. The Labute approximate surface area is 92.8 Å². The summed E-state index contributed by atoms with van der Waals surface area (Å²) < 4.78 is 22.7. The van der Waals surface area contributed by atoms with Crippen molar-refractivity contribution in [2.24, 2.45) is 5.92 Å². The predicted octanol–water partition coefficient (Wildman–Crippen LogP) is 1.75. The normalized spacial score (nSPS) is 28.7. The zero-order chi connectivity index (χ0) is 11.3. The smallest absolute Gasteiger partial charge is 0.150 e. The standard InChI is InChI=1S/C11H22O3S/c1-2-15(13,14)9-8-10-6-4-3-5-7-11(10)12/h10-12H,2-9H2,1H3. The molecule has 0 spiro atoms. The topological polar surface area (TPSA) is 54.4 Å². The highest BCUT2D eigenvalue weighted by Crippen LogP contribution is 2.26. The van der Waals surface area contributed by atoms with Crippen LogP contribution in [0.2, 0.25) is 0 Å². The first-order valence-corrected chi connectivity index (χ1v) is 7.76. The van der Waals surface area contributed by atoms with Crippen molar-refractivity contribution >= 4 is 9.84 Å². The van der Waals surface area contributed by atoms with Crippen LogP contribution in [0.15, 0.2) is 0 Å². The molecule has 0 bridgehead atoms. The minimum absolute atomic E-state index is 0.203. The highest BCUT2D eigenvalue weighted by atomic mass is 32.2. The second-order valence-corrected chi connectivity index (χ2v) is 6.96. The first kappa shape index (κ1) is 13.0. The fourth-order valence-electron chi connectivity index (χ4n) is 2.18. The fraction of sp³-hybridized carbons (Fsp3) is 1.00.